The molecule has 0 spiro atoms. The summed E-state index contributed by atoms with van der Waals surface area (Å²) in [4.78, 5) is 3.25. The number of para-hydroxylation sites is 1. The van der Waals surface area contributed by atoms with Crippen molar-refractivity contribution >= 4 is 11.5 Å². The van der Waals surface area contributed by atoms with Gasteiger partial charge in [-0.05, 0) is 12.1 Å². The maximum atomic E-state index is 12.5. The van der Waals surface area contributed by atoms with Gasteiger partial charge in [-0.3, -0.25) is 0 Å². The first-order valence-electron chi connectivity index (χ1n) is 4.90. The van der Waals surface area contributed by atoms with Crippen LogP contribution in [0.25, 0.3) is 0 Å². The minimum absolute atomic E-state index is 0.0750. The normalized spacial score (nSPS) is 13.8. The maximum Gasteiger partial charge on any atom is 0.407 e. The first-order chi connectivity index (χ1) is 8.66. The van der Waals surface area contributed by atoms with Crippen molar-refractivity contribution in [1.29, 1.82) is 0 Å². The molecule has 0 heterocycles. The summed E-state index contributed by atoms with van der Waals surface area (Å²) in [6.07, 6.45) is -11.1. The molecule has 1 aromatic rings. The molecule has 0 atom stereocenters. The number of halogens is 6. The smallest absolute Gasteiger partial charge is 0.311 e. The first kappa shape index (κ1) is 15.3. The lowest BCUT2D eigenvalue weighted by atomic mass is 10.1. The molecular weight excluding hydrogens is 276 g/mol. The van der Waals surface area contributed by atoms with E-state index in [1.807, 2.05) is 0 Å². The highest BCUT2D eigenvalue weighted by Gasteiger charge is 2.59. The van der Waals surface area contributed by atoms with Crippen molar-refractivity contribution in [3.8, 4) is 0 Å². The standard InChI is InChI=1S/C10H9F6N3/c11-9(12,13)7(10(14,15)16)8(19-17)18-6-4-2-1-3-5-6/h1-5,7H,17H2,(H,18,19). The molecule has 0 aliphatic rings. The molecule has 0 aliphatic heterocycles. The topological polar surface area (TPSA) is 50.4 Å². The highest BCUT2D eigenvalue weighted by molar-refractivity contribution is 5.87. The number of aliphatic imine (C=N–C) groups is 1. The molecule has 1 aromatic carbocycles. The Kier molecular flexibility index (Phi) is 4.40. The van der Waals surface area contributed by atoms with Crippen molar-refractivity contribution in [3.05, 3.63) is 30.3 Å². The van der Waals surface area contributed by atoms with E-state index < -0.39 is 24.1 Å². The highest BCUT2D eigenvalue weighted by Crippen LogP contribution is 2.40. The summed E-state index contributed by atoms with van der Waals surface area (Å²) >= 11 is 0. The van der Waals surface area contributed by atoms with Crippen molar-refractivity contribution in [2.75, 3.05) is 0 Å². The maximum absolute atomic E-state index is 12.5. The summed E-state index contributed by atoms with van der Waals surface area (Å²) < 4.78 is 74.8. The molecule has 0 bridgehead atoms. The Labute approximate surface area is 104 Å². The molecule has 3 N–H and O–H groups in total. The predicted molar refractivity (Wildman–Crippen MR) is 56.5 cm³/mol. The van der Waals surface area contributed by atoms with Crippen molar-refractivity contribution in [2.45, 2.75) is 12.4 Å². The van der Waals surface area contributed by atoms with Crippen molar-refractivity contribution in [3.63, 3.8) is 0 Å². The summed E-state index contributed by atoms with van der Waals surface area (Å²) in [6.45, 7) is 0. The van der Waals surface area contributed by atoms with Crippen LogP contribution in [0.15, 0.2) is 35.3 Å². The van der Waals surface area contributed by atoms with Crippen LogP contribution in [0, 0.1) is 5.92 Å². The molecule has 0 amide bonds. The van der Waals surface area contributed by atoms with Crippen molar-refractivity contribution in [1.82, 2.24) is 5.43 Å². The number of alkyl halides is 6. The Balaban J connectivity index is 3.22. The molecular formula is C10H9F6N3. The number of nitrogens with zero attached hydrogens (tertiary/aromatic N) is 1. The van der Waals surface area contributed by atoms with E-state index in [4.69, 9.17) is 5.84 Å². The van der Waals surface area contributed by atoms with Gasteiger partial charge >= 0.3 is 12.4 Å². The third-order valence-corrected chi connectivity index (χ3v) is 2.08. The summed E-state index contributed by atoms with van der Waals surface area (Å²) in [5, 5.41) is 0. The number of nitrogens with two attached hydrogens (primary N) is 1. The van der Waals surface area contributed by atoms with Crippen molar-refractivity contribution < 1.29 is 26.3 Å². The van der Waals surface area contributed by atoms with Gasteiger partial charge in [0.05, 0.1) is 5.69 Å². The van der Waals surface area contributed by atoms with Crippen LogP contribution in [0.1, 0.15) is 0 Å². The Hall–Kier alpha value is -1.77. The lowest BCUT2D eigenvalue weighted by molar-refractivity contribution is -0.261. The fourth-order valence-electron chi connectivity index (χ4n) is 1.32. The number of rotatable bonds is 2. The van der Waals surface area contributed by atoms with Crippen LogP contribution >= 0.6 is 0 Å². The van der Waals surface area contributed by atoms with Crippen LogP contribution in [0.3, 0.4) is 0 Å². The average molecular weight is 285 g/mol. The minimum Gasteiger partial charge on any atom is -0.311 e. The zero-order valence-electron chi connectivity index (χ0n) is 9.26. The van der Waals surface area contributed by atoms with Gasteiger partial charge in [-0.15, -0.1) is 0 Å². The lowest BCUT2D eigenvalue weighted by Gasteiger charge is -2.23. The fourth-order valence-corrected chi connectivity index (χ4v) is 1.32. The second kappa shape index (κ2) is 5.47. The third-order valence-electron chi connectivity index (χ3n) is 2.08. The summed E-state index contributed by atoms with van der Waals surface area (Å²) in [7, 11) is 0. The van der Waals surface area contributed by atoms with E-state index in [2.05, 4.69) is 4.99 Å². The van der Waals surface area contributed by atoms with E-state index in [9.17, 15) is 26.3 Å². The molecule has 0 radical (unpaired) electrons. The monoisotopic (exact) mass is 285 g/mol. The van der Waals surface area contributed by atoms with Crippen LogP contribution in [0.5, 0.6) is 0 Å². The van der Waals surface area contributed by atoms with Crippen LogP contribution in [0.2, 0.25) is 0 Å². The number of hydrazine groups is 1. The van der Waals surface area contributed by atoms with Gasteiger partial charge in [0.15, 0.2) is 0 Å². The fraction of sp³-hybridized carbons (Fsp3) is 0.300. The lowest BCUT2D eigenvalue weighted by Crippen LogP contribution is -2.49. The van der Waals surface area contributed by atoms with Gasteiger partial charge in [0.25, 0.3) is 0 Å². The van der Waals surface area contributed by atoms with Crippen molar-refractivity contribution in [2.24, 2.45) is 16.8 Å². The van der Waals surface area contributed by atoms with Gasteiger partial charge in [0, 0.05) is 0 Å². The molecule has 0 aliphatic carbocycles. The Morgan fingerprint density at radius 2 is 1.47 bits per heavy atom. The van der Waals surface area contributed by atoms with E-state index in [0.717, 1.165) is 0 Å². The van der Waals surface area contributed by atoms with Gasteiger partial charge in [0.1, 0.15) is 5.84 Å². The van der Waals surface area contributed by atoms with Crippen LogP contribution in [0.4, 0.5) is 32.0 Å². The largest absolute Gasteiger partial charge is 0.407 e. The molecule has 9 heteroatoms. The van der Waals surface area contributed by atoms with E-state index in [-0.39, 0.29) is 5.69 Å². The molecule has 0 unspecified atom stereocenters. The van der Waals surface area contributed by atoms with Gasteiger partial charge in [-0.25, -0.2) is 10.8 Å². The van der Waals surface area contributed by atoms with E-state index in [0.29, 0.717) is 0 Å². The van der Waals surface area contributed by atoms with Crippen LogP contribution < -0.4 is 11.3 Å². The summed E-state index contributed by atoms with van der Waals surface area (Å²) in [5.41, 5.74) is 1.30. The Morgan fingerprint density at radius 1 is 1.00 bits per heavy atom. The third kappa shape index (κ3) is 4.12. The molecule has 19 heavy (non-hydrogen) atoms. The van der Waals surface area contributed by atoms with E-state index in [1.54, 1.807) is 6.07 Å². The molecule has 3 nitrogen and oxygen atoms in total. The predicted octanol–water partition coefficient (Wildman–Crippen LogP) is 2.92. The van der Waals surface area contributed by atoms with E-state index in [1.165, 1.54) is 29.7 Å². The van der Waals surface area contributed by atoms with Gasteiger partial charge in [-0.1, -0.05) is 18.2 Å². The number of hydrogen-bond acceptors (Lipinski definition) is 2. The average Bonchev–Trinajstić information content (AvgIpc) is 2.25. The van der Waals surface area contributed by atoms with Crippen LogP contribution in [-0.2, 0) is 0 Å². The number of amidine groups is 1. The first-order valence-corrected chi connectivity index (χ1v) is 4.90. The molecule has 1 rings (SSSR count). The van der Waals surface area contributed by atoms with Gasteiger partial charge in [-0.2, -0.15) is 26.3 Å². The second-order valence-corrected chi connectivity index (χ2v) is 3.49. The number of nitrogens with one attached hydrogen (secondary N) is 1. The molecule has 0 fully saturated rings. The van der Waals surface area contributed by atoms with Gasteiger partial charge in [0.2, 0.25) is 5.92 Å². The Morgan fingerprint density at radius 3 is 1.84 bits per heavy atom. The second-order valence-electron chi connectivity index (χ2n) is 3.49. The number of hydrogen-bond donors (Lipinski definition) is 2. The zero-order valence-corrected chi connectivity index (χ0v) is 9.26. The van der Waals surface area contributed by atoms with Gasteiger partial charge < -0.3 is 5.43 Å². The Bertz CT molecular complexity index is 423. The summed E-state index contributed by atoms with van der Waals surface area (Å²) in [6, 6.07) is 6.88. The summed E-state index contributed by atoms with van der Waals surface area (Å²) in [5.74, 6) is -0.436. The minimum atomic E-state index is -5.54. The molecule has 0 aromatic heterocycles. The molecule has 0 saturated carbocycles. The quantitative estimate of drug-likeness (QED) is 0.288. The molecule has 106 valence electrons. The molecule has 0 saturated heterocycles. The zero-order chi connectivity index (χ0) is 14.7. The SMILES string of the molecule is NNC(=Nc1ccccc1)C(C(F)(F)F)C(F)(F)F. The highest BCUT2D eigenvalue weighted by atomic mass is 19.4. The number of benzene rings is 1. The van der Waals surface area contributed by atoms with Crippen LogP contribution in [-0.4, -0.2) is 18.2 Å². The van der Waals surface area contributed by atoms with E-state index >= 15 is 0 Å².